The van der Waals surface area contributed by atoms with E-state index in [0.717, 1.165) is 27.3 Å². The number of hydrogen-bond acceptors (Lipinski definition) is 3. The van der Waals surface area contributed by atoms with Crippen LogP contribution in [0.5, 0.6) is 0 Å². The van der Waals surface area contributed by atoms with Crippen LogP contribution in [-0.2, 0) is 4.75 Å². The highest BCUT2D eigenvalue weighted by molar-refractivity contribution is 8.00. The average Bonchev–Trinajstić information content (AvgIpc) is 3.21. The maximum atomic E-state index is 6.29. The summed E-state index contributed by atoms with van der Waals surface area (Å²) in [5.74, 6) is 0. The molecule has 1 atom stereocenters. The normalized spacial score (nSPS) is 13.2. The second kappa shape index (κ2) is 8.00. The fourth-order valence-electron chi connectivity index (χ4n) is 3.32. The van der Waals surface area contributed by atoms with Crippen molar-refractivity contribution in [2.45, 2.75) is 16.6 Å². The largest absolute Gasteiger partial charge is 0.285 e. The van der Waals surface area contributed by atoms with Gasteiger partial charge in [0.1, 0.15) is 0 Å². The number of H-pyrrole nitrogens is 1. The van der Waals surface area contributed by atoms with Crippen LogP contribution in [-0.4, -0.2) is 15.2 Å². The first kappa shape index (κ1) is 19.1. The quantitative estimate of drug-likeness (QED) is 0.370. The monoisotopic (exact) mass is 425 g/mol. The molecule has 4 aromatic rings. The zero-order valence-corrected chi connectivity index (χ0v) is 17.4. The predicted octanol–water partition coefficient (Wildman–Crippen LogP) is 6.50. The number of benzene rings is 2. The Balaban J connectivity index is 2.00. The van der Waals surface area contributed by atoms with Crippen molar-refractivity contribution in [3.05, 3.63) is 112 Å². The van der Waals surface area contributed by atoms with E-state index in [1.807, 2.05) is 61.9 Å². The molecule has 0 aliphatic carbocycles. The van der Waals surface area contributed by atoms with Gasteiger partial charge in [0.15, 0.2) is 0 Å². The van der Waals surface area contributed by atoms with Gasteiger partial charge in [-0.15, -0.1) is 11.8 Å². The molecule has 140 valence electrons. The molecule has 1 unspecified atom stereocenters. The van der Waals surface area contributed by atoms with Crippen LogP contribution >= 0.6 is 35.0 Å². The molecule has 0 aliphatic rings. The van der Waals surface area contributed by atoms with E-state index in [0.29, 0.717) is 10.0 Å². The molecule has 0 bridgehead atoms. The molecule has 0 aliphatic heterocycles. The molecule has 0 saturated carbocycles. The van der Waals surface area contributed by atoms with Gasteiger partial charge >= 0.3 is 0 Å². The van der Waals surface area contributed by atoms with Gasteiger partial charge in [0.2, 0.25) is 0 Å². The molecular formula is C22H17Cl2N3S. The smallest absolute Gasteiger partial charge is 0.0985 e. The third-order valence-electron chi connectivity index (χ3n) is 4.50. The minimum Gasteiger partial charge on any atom is -0.285 e. The molecule has 0 saturated heterocycles. The Hall–Kier alpha value is -2.27. The maximum Gasteiger partial charge on any atom is 0.0985 e. The number of halogens is 2. The van der Waals surface area contributed by atoms with Gasteiger partial charge in [-0.3, -0.25) is 10.1 Å². The summed E-state index contributed by atoms with van der Waals surface area (Å²) >= 11 is 14.3. The first-order valence-corrected chi connectivity index (χ1v) is 10.3. The van der Waals surface area contributed by atoms with E-state index >= 15 is 0 Å². The van der Waals surface area contributed by atoms with Crippen LogP contribution in [0.15, 0.2) is 84.1 Å². The summed E-state index contributed by atoms with van der Waals surface area (Å²) in [6, 6.07) is 20.1. The van der Waals surface area contributed by atoms with Crippen LogP contribution in [0, 0.1) is 6.92 Å². The zero-order chi connectivity index (χ0) is 19.6. The van der Waals surface area contributed by atoms with E-state index in [-0.39, 0.29) is 0 Å². The molecule has 0 fully saturated rings. The minimum atomic E-state index is -0.546. The molecule has 2 heterocycles. The number of aryl methyl sites for hydroxylation is 1. The highest BCUT2D eigenvalue weighted by Crippen LogP contribution is 2.52. The van der Waals surface area contributed by atoms with Crippen molar-refractivity contribution in [3.63, 3.8) is 0 Å². The number of hydrogen-bond donors (Lipinski definition) is 1. The minimum absolute atomic E-state index is 0.546. The topological polar surface area (TPSA) is 41.6 Å². The Kier molecular flexibility index (Phi) is 5.44. The average molecular weight is 426 g/mol. The fraction of sp³-hybridized carbons (Fsp3) is 0.0909. The summed E-state index contributed by atoms with van der Waals surface area (Å²) in [5.41, 5.74) is 4.22. The van der Waals surface area contributed by atoms with E-state index in [2.05, 4.69) is 33.4 Å². The highest BCUT2D eigenvalue weighted by atomic mass is 35.5. The number of aromatic nitrogens is 3. The molecule has 28 heavy (non-hydrogen) atoms. The summed E-state index contributed by atoms with van der Waals surface area (Å²) < 4.78 is -0.546. The summed E-state index contributed by atoms with van der Waals surface area (Å²) in [4.78, 5) is 5.36. The summed E-state index contributed by atoms with van der Waals surface area (Å²) in [7, 11) is 0. The number of nitrogens with zero attached hydrogens (tertiary/aromatic N) is 2. The molecule has 1 N–H and O–H groups in total. The van der Waals surface area contributed by atoms with Crippen molar-refractivity contribution < 1.29 is 0 Å². The van der Waals surface area contributed by atoms with Crippen LogP contribution in [0.4, 0.5) is 0 Å². The molecule has 0 radical (unpaired) electrons. The van der Waals surface area contributed by atoms with Crippen LogP contribution in [0.1, 0.15) is 22.4 Å². The number of pyridine rings is 1. The Morgan fingerprint density at radius 3 is 2.29 bits per heavy atom. The molecule has 2 aromatic heterocycles. The SMILES string of the molecule is Cc1cc(C(Sc2cc(Cl)cc(Cl)c2)(c2ccccc2)c2cn[nH]c2)ccn1. The first-order valence-electron chi connectivity index (χ1n) is 8.71. The molecule has 4 rings (SSSR count). The van der Waals surface area contributed by atoms with Crippen molar-refractivity contribution >= 4 is 35.0 Å². The van der Waals surface area contributed by atoms with Crippen molar-refractivity contribution in [3.8, 4) is 0 Å². The van der Waals surface area contributed by atoms with Gasteiger partial charge in [0.25, 0.3) is 0 Å². The van der Waals surface area contributed by atoms with Gasteiger partial charge in [-0.25, -0.2) is 0 Å². The lowest BCUT2D eigenvalue weighted by Gasteiger charge is -2.34. The Labute approximate surface area is 178 Å². The predicted molar refractivity (Wildman–Crippen MR) is 116 cm³/mol. The Bertz CT molecular complexity index is 1060. The van der Waals surface area contributed by atoms with E-state index in [9.17, 15) is 0 Å². The molecule has 2 aromatic carbocycles. The van der Waals surface area contributed by atoms with Crippen LogP contribution < -0.4 is 0 Å². The lowest BCUT2D eigenvalue weighted by Crippen LogP contribution is -2.25. The first-order chi connectivity index (χ1) is 13.6. The standard InChI is InChI=1S/C22H17Cl2N3S/c1-15-9-17(7-8-25-15)22(18-13-26-27-14-18,16-5-3-2-4-6-16)28-21-11-19(23)10-20(24)12-21/h2-14H,1H3,(H,26,27). The number of nitrogens with one attached hydrogen (secondary N) is 1. The van der Waals surface area contributed by atoms with Crippen molar-refractivity contribution in [1.82, 2.24) is 15.2 Å². The van der Waals surface area contributed by atoms with Crippen LogP contribution in [0.25, 0.3) is 0 Å². The third-order valence-corrected chi connectivity index (χ3v) is 6.42. The van der Waals surface area contributed by atoms with E-state index in [4.69, 9.17) is 23.2 Å². The molecule has 0 amide bonds. The molecule has 3 nitrogen and oxygen atoms in total. The Morgan fingerprint density at radius 2 is 1.64 bits per heavy atom. The molecule has 0 spiro atoms. The van der Waals surface area contributed by atoms with E-state index in [1.54, 1.807) is 17.8 Å². The van der Waals surface area contributed by atoms with E-state index < -0.39 is 4.75 Å². The Morgan fingerprint density at radius 1 is 0.893 bits per heavy atom. The van der Waals surface area contributed by atoms with Crippen molar-refractivity contribution in [2.75, 3.05) is 0 Å². The second-order valence-electron chi connectivity index (χ2n) is 6.43. The number of rotatable bonds is 5. The summed E-state index contributed by atoms with van der Waals surface area (Å²) in [6.45, 7) is 2.00. The zero-order valence-electron chi connectivity index (χ0n) is 15.1. The lowest BCUT2D eigenvalue weighted by atomic mass is 9.86. The molecular weight excluding hydrogens is 409 g/mol. The lowest BCUT2D eigenvalue weighted by molar-refractivity contribution is 0.886. The van der Waals surface area contributed by atoms with Gasteiger partial charge in [0.05, 0.1) is 10.9 Å². The van der Waals surface area contributed by atoms with Crippen LogP contribution in [0.2, 0.25) is 10.0 Å². The van der Waals surface area contributed by atoms with Crippen LogP contribution in [0.3, 0.4) is 0 Å². The van der Waals surface area contributed by atoms with Gasteiger partial charge < -0.3 is 0 Å². The highest BCUT2D eigenvalue weighted by Gasteiger charge is 2.39. The second-order valence-corrected chi connectivity index (χ2v) is 8.59. The molecule has 6 heteroatoms. The van der Waals surface area contributed by atoms with Gasteiger partial charge in [-0.05, 0) is 48.4 Å². The van der Waals surface area contributed by atoms with Gasteiger partial charge in [-0.2, -0.15) is 5.10 Å². The summed E-state index contributed by atoms with van der Waals surface area (Å²) in [6.07, 6.45) is 5.64. The third kappa shape index (κ3) is 3.68. The number of aromatic amines is 1. The number of thioether (sulfide) groups is 1. The maximum absolute atomic E-state index is 6.29. The van der Waals surface area contributed by atoms with E-state index in [1.165, 1.54) is 0 Å². The van der Waals surface area contributed by atoms with Crippen molar-refractivity contribution in [1.29, 1.82) is 0 Å². The van der Waals surface area contributed by atoms with Gasteiger partial charge in [-0.1, -0.05) is 53.5 Å². The summed E-state index contributed by atoms with van der Waals surface area (Å²) in [5, 5.41) is 8.41. The fourth-order valence-corrected chi connectivity index (χ4v) is 5.43. The van der Waals surface area contributed by atoms with Gasteiger partial charge in [0, 0.05) is 38.6 Å². The van der Waals surface area contributed by atoms with Crippen molar-refractivity contribution in [2.24, 2.45) is 0 Å².